The molecule has 4 heteroatoms. The maximum Gasteiger partial charge on any atom is 0.151 e. The van der Waals surface area contributed by atoms with E-state index in [9.17, 15) is 0 Å². The van der Waals surface area contributed by atoms with Crippen LogP contribution in [0, 0.1) is 0 Å². The SMILES string of the molecule is COCCc1ccc(CSc2nc3ccccc3s2)cc1. The lowest BCUT2D eigenvalue weighted by Gasteiger charge is -2.03. The van der Waals surface area contributed by atoms with Gasteiger partial charge in [0.05, 0.1) is 16.8 Å². The van der Waals surface area contributed by atoms with Crippen LogP contribution in [0.25, 0.3) is 10.2 Å². The number of hydrogen-bond acceptors (Lipinski definition) is 4. The monoisotopic (exact) mass is 315 g/mol. The van der Waals surface area contributed by atoms with Crippen molar-refractivity contribution in [2.75, 3.05) is 13.7 Å². The lowest BCUT2D eigenvalue weighted by atomic mass is 10.1. The van der Waals surface area contributed by atoms with Gasteiger partial charge in [0.25, 0.3) is 0 Å². The molecular formula is C17H17NOS2. The summed E-state index contributed by atoms with van der Waals surface area (Å²) in [6, 6.07) is 17.1. The van der Waals surface area contributed by atoms with Crippen LogP contribution < -0.4 is 0 Å². The van der Waals surface area contributed by atoms with E-state index in [1.54, 1.807) is 30.2 Å². The number of para-hydroxylation sites is 1. The van der Waals surface area contributed by atoms with E-state index >= 15 is 0 Å². The summed E-state index contributed by atoms with van der Waals surface area (Å²) in [5, 5.41) is 0. The molecule has 3 rings (SSSR count). The van der Waals surface area contributed by atoms with Crippen molar-refractivity contribution in [1.29, 1.82) is 0 Å². The summed E-state index contributed by atoms with van der Waals surface area (Å²) in [7, 11) is 1.74. The lowest BCUT2D eigenvalue weighted by Crippen LogP contribution is -1.94. The Hall–Kier alpha value is -1.36. The molecule has 0 fully saturated rings. The Morgan fingerprint density at radius 1 is 1.05 bits per heavy atom. The van der Waals surface area contributed by atoms with E-state index in [2.05, 4.69) is 47.4 Å². The third-order valence-electron chi connectivity index (χ3n) is 3.25. The molecule has 2 nitrogen and oxygen atoms in total. The molecule has 0 saturated heterocycles. The van der Waals surface area contributed by atoms with E-state index in [1.807, 2.05) is 6.07 Å². The first kappa shape index (κ1) is 14.6. The highest BCUT2D eigenvalue weighted by Gasteiger charge is 2.04. The molecule has 0 N–H and O–H groups in total. The van der Waals surface area contributed by atoms with Gasteiger partial charge in [-0.25, -0.2) is 4.98 Å². The molecule has 21 heavy (non-hydrogen) atoms. The topological polar surface area (TPSA) is 22.1 Å². The van der Waals surface area contributed by atoms with E-state index < -0.39 is 0 Å². The molecule has 0 radical (unpaired) electrons. The molecule has 1 aromatic heterocycles. The molecule has 0 saturated carbocycles. The van der Waals surface area contributed by atoms with Gasteiger partial charge in [-0.2, -0.15) is 0 Å². The molecule has 0 bridgehead atoms. The van der Waals surface area contributed by atoms with Crippen molar-refractivity contribution in [1.82, 2.24) is 4.98 Å². The maximum absolute atomic E-state index is 5.10. The van der Waals surface area contributed by atoms with Crippen molar-refractivity contribution in [2.45, 2.75) is 16.5 Å². The summed E-state index contributed by atoms with van der Waals surface area (Å²) >= 11 is 3.57. The number of hydrogen-bond donors (Lipinski definition) is 0. The molecule has 0 spiro atoms. The van der Waals surface area contributed by atoms with E-state index in [0.717, 1.165) is 28.6 Å². The fraction of sp³-hybridized carbons (Fsp3) is 0.235. The predicted molar refractivity (Wildman–Crippen MR) is 91.2 cm³/mol. The first-order valence-electron chi connectivity index (χ1n) is 6.90. The number of ether oxygens (including phenoxy) is 1. The van der Waals surface area contributed by atoms with Crippen molar-refractivity contribution in [3.8, 4) is 0 Å². The van der Waals surface area contributed by atoms with Crippen LogP contribution in [0.1, 0.15) is 11.1 Å². The Morgan fingerprint density at radius 2 is 1.81 bits per heavy atom. The third-order valence-corrected chi connectivity index (χ3v) is 5.50. The first-order chi connectivity index (χ1) is 10.3. The fourth-order valence-electron chi connectivity index (χ4n) is 2.08. The molecule has 1 heterocycles. The highest BCUT2D eigenvalue weighted by molar-refractivity contribution is 8.00. The van der Waals surface area contributed by atoms with Gasteiger partial charge in [0.1, 0.15) is 0 Å². The van der Waals surface area contributed by atoms with Gasteiger partial charge in [0, 0.05) is 12.9 Å². The van der Waals surface area contributed by atoms with Crippen LogP contribution in [0.4, 0.5) is 0 Å². The van der Waals surface area contributed by atoms with Gasteiger partial charge < -0.3 is 4.74 Å². The van der Waals surface area contributed by atoms with E-state index in [4.69, 9.17) is 4.74 Å². The minimum absolute atomic E-state index is 0.778. The second-order valence-electron chi connectivity index (χ2n) is 4.80. The van der Waals surface area contributed by atoms with Gasteiger partial charge in [0.15, 0.2) is 4.34 Å². The highest BCUT2D eigenvalue weighted by Crippen LogP contribution is 2.31. The zero-order chi connectivity index (χ0) is 14.5. The minimum atomic E-state index is 0.778. The average Bonchev–Trinajstić information content (AvgIpc) is 2.95. The van der Waals surface area contributed by atoms with Gasteiger partial charge in [-0.15, -0.1) is 11.3 Å². The summed E-state index contributed by atoms with van der Waals surface area (Å²) < 4.78 is 7.50. The van der Waals surface area contributed by atoms with E-state index in [1.165, 1.54) is 15.8 Å². The van der Waals surface area contributed by atoms with Crippen LogP contribution in [0.3, 0.4) is 0 Å². The molecular weight excluding hydrogens is 298 g/mol. The number of benzene rings is 2. The van der Waals surface area contributed by atoms with Crippen LogP contribution >= 0.6 is 23.1 Å². The summed E-state index contributed by atoms with van der Waals surface area (Å²) in [4.78, 5) is 4.65. The molecule has 108 valence electrons. The van der Waals surface area contributed by atoms with Gasteiger partial charge in [-0.05, 0) is 29.7 Å². The smallest absolute Gasteiger partial charge is 0.151 e. The second kappa shape index (κ2) is 7.07. The second-order valence-corrected chi connectivity index (χ2v) is 7.05. The molecule has 0 aliphatic rings. The number of thioether (sulfide) groups is 1. The summed E-state index contributed by atoms with van der Waals surface area (Å²) in [6.45, 7) is 0.778. The van der Waals surface area contributed by atoms with Crippen LogP contribution in [0.5, 0.6) is 0 Å². The van der Waals surface area contributed by atoms with E-state index in [0.29, 0.717) is 0 Å². The Labute approximate surface area is 133 Å². The van der Waals surface area contributed by atoms with Crippen molar-refractivity contribution in [3.05, 3.63) is 59.7 Å². The van der Waals surface area contributed by atoms with Gasteiger partial charge in [-0.1, -0.05) is 48.2 Å². The van der Waals surface area contributed by atoms with Crippen molar-refractivity contribution in [2.24, 2.45) is 0 Å². The minimum Gasteiger partial charge on any atom is -0.384 e. The molecule has 0 aliphatic carbocycles. The van der Waals surface area contributed by atoms with Gasteiger partial charge in [0.2, 0.25) is 0 Å². The Morgan fingerprint density at radius 3 is 2.57 bits per heavy atom. The maximum atomic E-state index is 5.10. The lowest BCUT2D eigenvalue weighted by molar-refractivity contribution is 0.202. The number of nitrogens with zero attached hydrogens (tertiary/aromatic N) is 1. The zero-order valence-corrected chi connectivity index (χ0v) is 13.5. The van der Waals surface area contributed by atoms with Crippen LogP contribution in [0.15, 0.2) is 52.9 Å². The third kappa shape index (κ3) is 3.84. The number of thiazole rings is 1. The molecule has 2 aromatic carbocycles. The molecule has 0 aliphatic heterocycles. The van der Waals surface area contributed by atoms with Crippen LogP contribution in [0.2, 0.25) is 0 Å². The Kier molecular flexibility index (Phi) is 4.91. The Balaban J connectivity index is 1.61. The standard InChI is InChI=1S/C17H17NOS2/c1-19-11-10-13-6-8-14(9-7-13)12-20-17-18-15-4-2-3-5-16(15)21-17/h2-9H,10-12H2,1H3. The predicted octanol–water partition coefficient (Wildman–Crippen LogP) is 4.78. The first-order valence-corrected chi connectivity index (χ1v) is 8.70. The molecule has 3 aromatic rings. The normalized spacial score (nSPS) is 11.1. The van der Waals surface area contributed by atoms with Crippen molar-refractivity contribution < 1.29 is 4.74 Å². The number of aromatic nitrogens is 1. The van der Waals surface area contributed by atoms with Crippen molar-refractivity contribution in [3.63, 3.8) is 0 Å². The quantitative estimate of drug-likeness (QED) is 0.611. The number of methoxy groups -OCH3 is 1. The number of fused-ring (bicyclic) bond motifs is 1. The Bertz CT molecular complexity index is 673. The largest absolute Gasteiger partial charge is 0.384 e. The van der Waals surface area contributed by atoms with Gasteiger partial charge in [-0.3, -0.25) is 0 Å². The summed E-state index contributed by atoms with van der Waals surface area (Å²) in [5.41, 5.74) is 3.76. The molecule has 0 amide bonds. The fourth-order valence-corrected chi connectivity index (χ4v) is 4.10. The van der Waals surface area contributed by atoms with Gasteiger partial charge >= 0.3 is 0 Å². The summed E-state index contributed by atoms with van der Waals surface area (Å²) in [5.74, 6) is 0.963. The number of rotatable bonds is 6. The highest BCUT2D eigenvalue weighted by atomic mass is 32.2. The molecule has 0 unspecified atom stereocenters. The van der Waals surface area contributed by atoms with E-state index in [-0.39, 0.29) is 0 Å². The van der Waals surface area contributed by atoms with Crippen LogP contribution in [-0.4, -0.2) is 18.7 Å². The zero-order valence-electron chi connectivity index (χ0n) is 11.9. The van der Waals surface area contributed by atoms with Crippen molar-refractivity contribution >= 4 is 33.3 Å². The molecule has 0 atom stereocenters. The van der Waals surface area contributed by atoms with Crippen LogP contribution in [-0.2, 0) is 16.9 Å². The summed E-state index contributed by atoms with van der Waals surface area (Å²) in [6.07, 6.45) is 0.974. The average molecular weight is 315 g/mol.